The molecule has 0 aliphatic rings. The monoisotopic (exact) mass is 250 g/mol. The molecule has 0 amide bonds. The number of hydrogen-bond acceptors (Lipinski definition) is 2. The van der Waals surface area contributed by atoms with Gasteiger partial charge in [0.05, 0.1) is 6.61 Å². The quantitative estimate of drug-likeness (QED) is 0.338. The molecule has 0 atom stereocenters. The van der Waals surface area contributed by atoms with Gasteiger partial charge in [-0.3, -0.25) is 4.79 Å². The molecule has 0 radical (unpaired) electrons. The number of rotatable bonds is 10. The number of ether oxygens (including phenoxy) is 1. The van der Waals surface area contributed by atoms with Gasteiger partial charge in [0.25, 0.3) is 6.47 Å². The van der Waals surface area contributed by atoms with E-state index in [9.17, 15) is 4.79 Å². The highest BCUT2D eigenvalue weighted by atomic mass is 79.9. The molecule has 0 rings (SSSR count). The second kappa shape index (κ2) is 11.9. The van der Waals surface area contributed by atoms with E-state index in [0.717, 1.165) is 11.8 Å². The summed E-state index contributed by atoms with van der Waals surface area (Å²) < 4.78 is 4.59. The molecule has 0 aromatic carbocycles. The molecule has 2 nitrogen and oxygen atoms in total. The van der Waals surface area contributed by atoms with Crippen LogP contribution in [0.15, 0.2) is 0 Å². The SMILES string of the molecule is O=COCCCCCCCCCBr. The zero-order valence-corrected chi connectivity index (χ0v) is 9.72. The van der Waals surface area contributed by atoms with E-state index in [1.54, 1.807) is 0 Å². The van der Waals surface area contributed by atoms with E-state index in [1.807, 2.05) is 0 Å². The summed E-state index contributed by atoms with van der Waals surface area (Å²) in [4.78, 5) is 9.79. The van der Waals surface area contributed by atoms with Crippen LogP contribution in [-0.2, 0) is 9.53 Å². The highest BCUT2D eigenvalue weighted by Gasteiger charge is 1.91. The third-order valence-electron chi connectivity index (χ3n) is 1.96. The maximum Gasteiger partial charge on any atom is 0.293 e. The van der Waals surface area contributed by atoms with Crippen molar-refractivity contribution in [3.05, 3.63) is 0 Å². The Labute approximate surface area is 89.2 Å². The Bertz CT molecular complexity index is 107. The zero-order valence-electron chi connectivity index (χ0n) is 8.14. The third kappa shape index (κ3) is 12.0. The lowest BCUT2D eigenvalue weighted by molar-refractivity contribution is -0.128. The van der Waals surface area contributed by atoms with Crippen LogP contribution in [0.4, 0.5) is 0 Å². The van der Waals surface area contributed by atoms with Crippen molar-refractivity contribution in [1.82, 2.24) is 0 Å². The molecule has 0 spiro atoms. The maximum absolute atomic E-state index is 9.79. The number of carbonyl (C=O) groups excluding carboxylic acids is 1. The third-order valence-corrected chi connectivity index (χ3v) is 2.52. The summed E-state index contributed by atoms with van der Waals surface area (Å²) in [5, 5.41) is 1.13. The molecule has 13 heavy (non-hydrogen) atoms. The van der Waals surface area contributed by atoms with Crippen LogP contribution in [-0.4, -0.2) is 18.4 Å². The van der Waals surface area contributed by atoms with Gasteiger partial charge in [0.15, 0.2) is 0 Å². The van der Waals surface area contributed by atoms with Crippen molar-refractivity contribution in [3.63, 3.8) is 0 Å². The van der Waals surface area contributed by atoms with E-state index in [2.05, 4.69) is 20.7 Å². The van der Waals surface area contributed by atoms with Gasteiger partial charge in [-0.25, -0.2) is 0 Å². The van der Waals surface area contributed by atoms with Crippen LogP contribution in [0, 0.1) is 0 Å². The van der Waals surface area contributed by atoms with Gasteiger partial charge in [-0.2, -0.15) is 0 Å². The molecule has 0 fully saturated rings. The minimum Gasteiger partial charge on any atom is -0.468 e. The number of unbranched alkanes of at least 4 members (excludes halogenated alkanes) is 6. The largest absolute Gasteiger partial charge is 0.468 e. The number of carbonyl (C=O) groups is 1. The Kier molecular flexibility index (Phi) is 11.9. The average Bonchev–Trinajstić information content (AvgIpc) is 2.16. The number of alkyl halides is 1. The molecule has 0 unspecified atom stereocenters. The Morgan fingerprint density at radius 1 is 0.923 bits per heavy atom. The molecule has 0 aliphatic heterocycles. The van der Waals surface area contributed by atoms with Crippen molar-refractivity contribution in [2.75, 3.05) is 11.9 Å². The van der Waals surface area contributed by atoms with Crippen LogP contribution < -0.4 is 0 Å². The predicted molar refractivity (Wildman–Crippen MR) is 58.1 cm³/mol. The van der Waals surface area contributed by atoms with E-state index in [-0.39, 0.29) is 0 Å². The van der Waals surface area contributed by atoms with E-state index in [1.165, 1.54) is 38.5 Å². The highest BCUT2D eigenvalue weighted by molar-refractivity contribution is 9.09. The minimum absolute atomic E-state index is 0.524. The van der Waals surface area contributed by atoms with Crippen LogP contribution >= 0.6 is 15.9 Å². The summed E-state index contributed by atoms with van der Waals surface area (Å²) in [5.74, 6) is 0. The molecule has 78 valence electrons. The molecular formula is C10H19BrO2. The first kappa shape index (κ1) is 12.9. The molecule has 0 N–H and O–H groups in total. The van der Waals surface area contributed by atoms with Crippen molar-refractivity contribution in [1.29, 1.82) is 0 Å². The summed E-state index contributed by atoms with van der Waals surface area (Å²) >= 11 is 3.41. The van der Waals surface area contributed by atoms with Gasteiger partial charge < -0.3 is 4.74 Å². The maximum atomic E-state index is 9.79. The van der Waals surface area contributed by atoms with Gasteiger partial charge in [0, 0.05) is 5.33 Å². The Morgan fingerprint density at radius 2 is 1.46 bits per heavy atom. The van der Waals surface area contributed by atoms with Gasteiger partial charge in [-0.1, -0.05) is 48.0 Å². The van der Waals surface area contributed by atoms with Gasteiger partial charge in [-0.15, -0.1) is 0 Å². The summed E-state index contributed by atoms with van der Waals surface area (Å²) in [5.41, 5.74) is 0. The molecule has 0 heterocycles. The van der Waals surface area contributed by atoms with Crippen LogP contribution in [0.2, 0.25) is 0 Å². The molecule has 3 heteroatoms. The molecule has 0 saturated carbocycles. The molecule has 0 bridgehead atoms. The first-order valence-corrected chi connectivity index (χ1v) is 6.15. The Morgan fingerprint density at radius 3 is 2.00 bits per heavy atom. The van der Waals surface area contributed by atoms with E-state index < -0.39 is 0 Å². The highest BCUT2D eigenvalue weighted by Crippen LogP contribution is 2.07. The molecule has 0 aliphatic carbocycles. The van der Waals surface area contributed by atoms with Crippen molar-refractivity contribution in [3.8, 4) is 0 Å². The average molecular weight is 251 g/mol. The Balaban J connectivity index is 2.79. The fourth-order valence-electron chi connectivity index (χ4n) is 1.21. The van der Waals surface area contributed by atoms with Crippen molar-refractivity contribution < 1.29 is 9.53 Å². The Hall–Kier alpha value is -0.0500. The van der Waals surface area contributed by atoms with Gasteiger partial charge in [0.1, 0.15) is 0 Å². The smallest absolute Gasteiger partial charge is 0.293 e. The van der Waals surface area contributed by atoms with Crippen LogP contribution in [0.3, 0.4) is 0 Å². The lowest BCUT2D eigenvalue weighted by Crippen LogP contribution is -1.91. The first-order chi connectivity index (χ1) is 6.41. The van der Waals surface area contributed by atoms with Gasteiger partial charge in [-0.05, 0) is 12.8 Å². The van der Waals surface area contributed by atoms with Crippen LogP contribution in [0.25, 0.3) is 0 Å². The van der Waals surface area contributed by atoms with Crippen LogP contribution in [0.5, 0.6) is 0 Å². The minimum atomic E-state index is 0.524. The van der Waals surface area contributed by atoms with Crippen molar-refractivity contribution in [2.45, 2.75) is 44.9 Å². The van der Waals surface area contributed by atoms with Gasteiger partial charge in [0.2, 0.25) is 0 Å². The topological polar surface area (TPSA) is 26.3 Å². The summed E-state index contributed by atoms with van der Waals surface area (Å²) in [6, 6.07) is 0. The number of hydrogen-bond donors (Lipinski definition) is 0. The first-order valence-electron chi connectivity index (χ1n) is 5.03. The summed E-state index contributed by atoms with van der Waals surface area (Å²) in [6.45, 7) is 1.11. The lowest BCUT2D eigenvalue weighted by Gasteiger charge is -2.00. The van der Waals surface area contributed by atoms with E-state index >= 15 is 0 Å². The molecule has 0 aromatic rings. The second-order valence-corrected chi connectivity index (χ2v) is 3.92. The number of halogens is 1. The molecular weight excluding hydrogens is 232 g/mol. The van der Waals surface area contributed by atoms with E-state index in [4.69, 9.17) is 0 Å². The fourth-order valence-corrected chi connectivity index (χ4v) is 1.61. The zero-order chi connectivity index (χ0) is 9.78. The lowest BCUT2D eigenvalue weighted by atomic mass is 10.1. The molecule has 0 aromatic heterocycles. The second-order valence-electron chi connectivity index (χ2n) is 3.13. The predicted octanol–water partition coefficient (Wildman–Crippen LogP) is 3.29. The van der Waals surface area contributed by atoms with Crippen molar-refractivity contribution >= 4 is 22.4 Å². The fraction of sp³-hybridized carbons (Fsp3) is 0.900. The summed E-state index contributed by atoms with van der Waals surface area (Å²) in [7, 11) is 0. The van der Waals surface area contributed by atoms with Gasteiger partial charge >= 0.3 is 0 Å². The molecule has 0 saturated heterocycles. The van der Waals surface area contributed by atoms with Crippen LogP contribution in [0.1, 0.15) is 44.9 Å². The standard InChI is InChI=1S/C10H19BrO2/c11-8-6-4-2-1-3-5-7-9-13-10-12/h10H,1-9H2. The van der Waals surface area contributed by atoms with E-state index in [0.29, 0.717) is 13.1 Å². The summed E-state index contributed by atoms with van der Waals surface area (Å²) in [6.07, 6.45) is 8.72. The van der Waals surface area contributed by atoms with Crippen molar-refractivity contribution in [2.24, 2.45) is 0 Å². The normalized spacial score (nSPS) is 9.92.